The van der Waals surface area contributed by atoms with Crippen LogP contribution in [0.3, 0.4) is 0 Å². The minimum atomic E-state index is 0.0421. The molecule has 4 nitrogen and oxygen atoms in total. The molecule has 1 atom stereocenters. The summed E-state index contributed by atoms with van der Waals surface area (Å²) in [7, 11) is 3.53. The van der Waals surface area contributed by atoms with Crippen LogP contribution >= 0.6 is 0 Å². The Kier molecular flexibility index (Phi) is 4.80. The Hall–Kier alpha value is -1.55. The first-order valence-electron chi connectivity index (χ1n) is 6.96. The number of hydrogen-bond acceptors (Lipinski definition) is 3. The van der Waals surface area contributed by atoms with E-state index in [1.54, 1.807) is 19.0 Å². The first-order chi connectivity index (χ1) is 9.16. The molecule has 104 valence electrons. The molecule has 0 radical (unpaired) electrons. The van der Waals surface area contributed by atoms with Gasteiger partial charge in [0.2, 0.25) is 0 Å². The second-order valence-electron chi connectivity index (χ2n) is 5.30. The fourth-order valence-corrected chi connectivity index (χ4v) is 2.33. The summed E-state index contributed by atoms with van der Waals surface area (Å²) in [5.41, 5.74) is 1.80. The van der Waals surface area contributed by atoms with Crippen molar-refractivity contribution in [3.05, 3.63) is 29.8 Å². The fourth-order valence-electron chi connectivity index (χ4n) is 2.33. The third-order valence-electron chi connectivity index (χ3n) is 3.50. The standard InChI is InChI=1S/C15H23N3O/c1-18(2)15(19)12-6-8-13(9-7-12)17-11-14-5-3-4-10-16-14/h6-9,14,16-17H,3-5,10-11H2,1-2H3. The van der Waals surface area contributed by atoms with Gasteiger partial charge in [0.15, 0.2) is 0 Å². The van der Waals surface area contributed by atoms with Crippen molar-refractivity contribution in [1.29, 1.82) is 0 Å². The summed E-state index contributed by atoms with van der Waals surface area (Å²) in [5.74, 6) is 0.0421. The van der Waals surface area contributed by atoms with E-state index in [2.05, 4.69) is 10.6 Å². The van der Waals surface area contributed by atoms with E-state index in [1.165, 1.54) is 19.3 Å². The predicted octanol–water partition coefficient (Wildman–Crippen LogP) is 1.94. The van der Waals surface area contributed by atoms with Gasteiger partial charge in [0, 0.05) is 37.9 Å². The monoisotopic (exact) mass is 261 g/mol. The summed E-state index contributed by atoms with van der Waals surface area (Å²) >= 11 is 0. The Bertz CT molecular complexity index is 408. The van der Waals surface area contributed by atoms with Crippen LogP contribution in [0.2, 0.25) is 0 Å². The van der Waals surface area contributed by atoms with E-state index >= 15 is 0 Å². The second kappa shape index (κ2) is 6.57. The minimum absolute atomic E-state index is 0.0421. The number of rotatable bonds is 4. The van der Waals surface area contributed by atoms with E-state index in [4.69, 9.17) is 0 Å². The topological polar surface area (TPSA) is 44.4 Å². The highest BCUT2D eigenvalue weighted by Crippen LogP contribution is 2.12. The molecule has 0 bridgehead atoms. The SMILES string of the molecule is CN(C)C(=O)c1ccc(NCC2CCCCN2)cc1. The molecule has 0 spiro atoms. The van der Waals surface area contributed by atoms with Crippen molar-refractivity contribution < 1.29 is 4.79 Å². The zero-order valence-corrected chi connectivity index (χ0v) is 11.8. The van der Waals surface area contributed by atoms with Crippen molar-refractivity contribution in [2.75, 3.05) is 32.5 Å². The van der Waals surface area contributed by atoms with Crippen molar-refractivity contribution in [3.63, 3.8) is 0 Å². The third kappa shape index (κ3) is 3.96. The van der Waals surface area contributed by atoms with Crippen LogP contribution in [0.15, 0.2) is 24.3 Å². The number of nitrogens with zero attached hydrogens (tertiary/aromatic N) is 1. The van der Waals surface area contributed by atoms with Crippen molar-refractivity contribution in [2.24, 2.45) is 0 Å². The molecule has 1 aromatic rings. The summed E-state index contributed by atoms with van der Waals surface area (Å²) in [5, 5.41) is 6.93. The Morgan fingerprint density at radius 2 is 2.05 bits per heavy atom. The van der Waals surface area contributed by atoms with Crippen LogP contribution in [0, 0.1) is 0 Å². The van der Waals surface area contributed by atoms with Gasteiger partial charge >= 0.3 is 0 Å². The normalized spacial score (nSPS) is 18.9. The van der Waals surface area contributed by atoms with E-state index in [9.17, 15) is 4.79 Å². The highest BCUT2D eigenvalue weighted by molar-refractivity contribution is 5.94. The lowest BCUT2D eigenvalue weighted by molar-refractivity contribution is 0.0827. The summed E-state index contributed by atoms with van der Waals surface area (Å²) in [6, 6.07) is 8.26. The number of piperidine rings is 1. The lowest BCUT2D eigenvalue weighted by Gasteiger charge is -2.24. The van der Waals surface area contributed by atoms with Gasteiger partial charge < -0.3 is 15.5 Å². The smallest absolute Gasteiger partial charge is 0.253 e. The Morgan fingerprint density at radius 1 is 1.32 bits per heavy atom. The summed E-state index contributed by atoms with van der Waals surface area (Å²) in [6.07, 6.45) is 3.84. The maximum Gasteiger partial charge on any atom is 0.253 e. The zero-order valence-electron chi connectivity index (χ0n) is 11.8. The lowest BCUT2D eigenvalue weighted by atomic mass is 10.1. The minimum Gasteiger partial charge on any atom is -0.383 e. The molecule has 2 rings (SSSR count). The van der Waals surface area contributed by atoms with Gasteiger partial charge in [-0.2, -0.15) is 0 Å². The molecule has 1 aliphatic heterocycles. The number of benzene rings is 1. The summed E-state index contributed by atoms with van der Waals surface area (Å²) in [4.78, 5) is 13.3. The molecule has 2 N–H and O–H groups in total. The van der Waals surface area contributed by atoms with Gasteiger partial charge in [0.05, 0.1) is 0 Å². The van der Waals surface area contributed by atoms with E-state index < -0.39 is 0 Å². The molecule has 4 heteroatoms. The molecular weight excluding hydrogens is 238 g/mol. The average Bonchev–Trinajstić information content (AvgIpc) is 2.46. The largest absolute Gasteiger partial charge is 0.383 e. The highest BCUT2D eigenvalue weighted by atomic mass is 16.2. The summed E-state index contributed by atoms with van der Waals surface area (Å²) < 4.78 is 0. The van der Waals surface area contributed by atoms with E-state index in [1.807, 2.05) is 24.3 Å². The van der Waals surface area contributed by atoms with E-state index in [-0.39, 0.29) is 5.91 Å². The Labute approximate surface area is 115 Å². The number of hydrogen-bond donors (Lipinski definition) is 2. The van der Waals surface area contributed by atoms with Gasteiger partial charge in [0.25, 0.3) is 5.91 Å². The first kappa shape index (κ1) is 13.9. The van der Waals surface area contributed by atoms with Crippen LogP contribution in [-0.4, -0.2) is 44.0 Å². The van der Waals surface area contributed by atoms with Crippen LogP contribution in [0.4, 0.5) is 5.69 Å². The Morgan fingerprint density at radius 3 is 2.63 bits per heavy atom. The molecule has 1 aromatic carbocycles. The molecule has 1 amide bonds. The van der Waals surface area contributed by atoms with Gasteiger partial charge in [-0.25, -0.2) is 0 Å². The average molecular weight is 261 g/mol. The van der Waals surface area contributed by atoms with Crippen LogP contribution in [0.25, 0.3) is 0 Å². The molecule has 1 saturated heterocycles. The zero-order chi connectivity index (χ0) is 13.7. The van der Waals surface area contributed by atoms with Gasteiger partial charge in [-0.1, -0.05) is 6.42 Å². The molecule has 0 saturated carbocycles. The molecule has 0 aliphatic carbocycles. The Balaban J connectivity index is 1.86. The molecule has 1 heterocycles. The highest BCUT2D eigenvalue weighted by Gasteiger charge is 2.12. The van der Waals surface area contributed by atoms with Crippen molar-refractivity contribution in [1.82, 2.24) is 10.2 Å². The number of amides is 1. The van der Waals surface area contributed by atoms with Gasteiger partial charge in [-0.05, 0) is 43.7 Å². The van der Waals surface area contributed by atoms with Crippen molar-refractivity contribution >= 4 is 11.6 Å². The van der Waals surface area contributed by atoms with Crippen molar-refractivity contribution in [2.45, 2.75) is 25.3 Å². The van der Waals surface area contributed by atoms with Gasteiger partial charge in [0.1, 0.15) is 0 Å². The van der Waals surface area contributed by atoms with Crippen LogP contribution in [0.5, 0.6) is 0 Å². The lowest BCUT2D eigenvalue weighted by Crippen LogP contribution is -2.39. The van der Waals surface area contributed by atoms with Crippen LogP contribution in [-0.2, 0) is 0 Å². The molecule has 1 fully saturated rings. The molecule has 0 aromatic heterocycles. The second-order valence-corrected chi connectivity index (χ2v) is 5.30. The van der Waals surface area contributed by atoms with E-state index in [0.717, 1.165) is 24.3 Å². The molecule has 1 aliphatic rings. The quantitative estimate of drug-likeness (QED) is 0.870. The number of anilines is 1. The maximum atomic E-state index is 11.8. The third-order valence-corrected chi connectivity index (χ3v) is 3.50. The maximum absolute atomic E-state index is 11.8. The number of carbonyl (C=O) groups excluding carboxylic acids is 1. The van der Waals surface area contributed by atoms with Gasteiger partial charge in [-0.3, -0.25) is 4.79 Å². The number of nitrogens with one attached hydrogen (secondary N) is 2. The van der Waals surface area contributed by atoms with Crippen LogP contribution in [0.1, 0.15) is 29.6 Å². The van der Waals surface area contributed by atoms with E-state index in [0.29, 0.717) is 6.04 Å². The molecular formula is C15H23N3O. The summed E-state index contributed by atoms with van der Waals surface area (Å²) in [6.45, 7) is 2.07. The molecule has 19 heavy (non-hydrogen) atoms. The van der Waals surface area contributed by atoms with Gasteiger partial charge in [-0.15, -0.1) is 0 Å². The van der Waals surface area contributed by atoms with Crippen molar-refractivity contribution in [3.8, 4) is 0 Å². The predicted molar refractivity (Wildman–Crippen MR) is 78.6 cm³/mol. The fraction of sp³-hybridized carbons (Fsp3) is 0.533. The van der Waals surface area contributed by atoms with Crippen LogP contribution < -0.4 is 10.6 Å². The number of carbonyl (C=O) groups is 1. The molecule has 1 unspecified atom stereocenters. The first-order valence-corrected chi connectivity index (χ1v) is 6.96.